The predicted molar refractivity (Wildman–Crippen MR) is 37.4 cm³/mol. The van der Waals surface area contributed by atoms with E-state index in [1.165, 1.54) is 12.8 Å². The van der Waals surface area contributed by atoms with Crippen molar-refractivity contribution in [1.82, 2.24) is 0 Å². The zero-order valence-corrected chi connectivity index (χ0v) is 5.95. The summed E-state index contributed by atoms with van der Waals surface area (Å²) < 4.78 is 0. The molecule has 1 fully saturated rings. The van der Waals surface area contributed by atoms with Crippen molar-refractivity contribution in [2.45, 2.75) is 37.9 Å². The van der Waals surface area contributed by atoms with Crippen LogP contribution in [0.15, 0.2) is 12.2 Å². The summed E-state index contributed by atoms with van der Waals surface area (Å²) in [5.74, 6) is 0. The molecule has 0 spiro atoms. The van der Waals surface area contributed by atoms with Gasteiger partial charge in [-0.25, -0.2) is 9.78 Å². The van der Waals surface area contributed by atoms with Crippen LogP contribution in [0.25, 0.3) is 0 Å². The Balaban J connectivity index is 2.07. The Bertz CT molecular complexity index is 126. The number of fused-ring (bicyclic) bond motifs is 4. The van der Waals surface area contributed by atoms with Crippen molar-refractivity contribution in [2.75, 3.05) is 0 Å². The van der Waals surface area contributed by atoms with Gasteiger partial charge in [-0.3, -0.25) is 0 Å². The largest absolute Gasteiger partial charge is 0.229 e. The van der Waals surface area contributed by atoms with Crippen molar-refractivity contribution in [1.29, 1.82) is 0 Å². The topological polar surface area (TPSA) is 18.5 Å². The maximum Gasteiger partial charge on any atom is 0.111 e. The highest BCUT2D eigenvalue weighted by Gasteiger charge is 2.19. The molecule has 0 radical (unpaired) electrons. The predicted octanol–water partition coefficient (Wildman–Crippen LogP) is 1.82. The van der Waals surface area contributed by atoms with E-state index >= 15 is 0 Å². The standard InChI is InChI=1S/C8H12O2/c1-2-4-8-6-5-7(3-1)9-10-8/h5-8H,1-4H2. The molecule has 1 aliphatic carbocycles. The normalized spacial score (nSPS) is 39.2. The van der Waals surface area contributed by atoms with E-state index < -0.39 is 0 Å². The molecule has 0 amide bonds. The quantitative estimate of drug-likeness (QED) is 0.377. The van der Waals surface area contributed by atoms with Gasteiger partial charge in [-0.1, -0.05) is 25.0 Å². The lowest BCUT2D eigenvalue weighted by Gasteiger charge is -2.25. The molecule has 56 valence electrons. The highest BCUT2D eigenvalue weighted by molar-refractivity contribution is 4.98. The summed E-state index contributed by atoms with van der Waals surface area (Å²) in [6, 6.07) is 0. The maximum atomic E-state index is 5.10. The van der Waals surface area contributed by atoms with Crippen LogP contribution in [0.3, 0.4) is 0 Å². The van der Waals surface area contributed by atoms with E-state index in [0.717, 1.165) is 12.8 Å². The fraction of sp³-hybridized carbons (Fsp3) is 0.750. The van der Waals surface area contributed by atoms with Gasteiger partial charge in [0.1, 0.15) is 12.2 Å². The first-order valence-corrected chi connectivity index (χ1v) is 3.95. The molecule has 0 N–H and O–H groups in total. The third-order valence-electron chi connectivity index (χ3n) is 2.07. The van der Waals surface area contributed by atoms with Crippen LogP contribution < -0.4 is 0 Å². The van der Waals surface area contributed by atoms with Gasteiger partial charge < -0.3 is 0 Å². The minimum Gasteiger partial charge on any atom is -0.229 e. The van der Waals surface area contributed by atoms with Gasteiger partial charge in [0.05, 0.1) is 0 Å². The molecule has 2 unspecified atom stereocenters. The minimum absolute atomic E-state index is 0.233. The van der Waals surface area contributed by atoms with Gasteiger partial charge in [-0.2, -0.15) is 0 Å². The van der Waals surface area contributed by atoms with Crippen LogP contribution in [-0.2, 0) is 9.78 Å². The van der Waals surface area contributed by atoms with Gasteiger partial charge in [0, 0.05) is 0 Å². The van der Waals surface area contributed by atoms with Gasteiger partial charge in [0.25, 0.3) is 0 Å². The summed E-state index contributed by atoms with van der Waals surface area (Å²) in [5, 5.41) is 0. The molecule has 0 aromatic rings. The smallest absolute Gasteiger partial charge is 0.111 e. The Morgan fingerprint density at radius 1 is 0.900 bits per heavy atom. The molecule has 1 saturated heterocycles. The lowest BCUT2D eigenvalue weighted by Crippen LogP contribution is -2.24. The number of rotatable bonds is 0. The Labute approximate surface area is 60.7 Å². The Morgan fingerprint density at radius 3 is 1.80 bits per heavy atom. The van der Waals surface area contributed by atoms with Crippen molar-refractivity contribution >= 4 is 0 Å². The van der Waals surface area contributed by atoms with Crippen LogP contribution in [-0.4, -0.2) is 12.2 Å². The SMILES string of the molecule is C1=CC2CCCCC1OO2. The van der Waals surface area contributed by atoms with Crippen LogP contribution >= 0.6 is 0 Å². The van der Waals surface area contributed by atoms with Gasteiger partial charge in [0.2, 0.25) is 0 Å². The molecular formula is C8H12O2. The zero-order chi connectivity index (χ0) is 6.81. The number of hydrogen-bond donors (Lipinski definition) is 0. The van der Waals surface area contributed by atoms with E-state index in [4.69, 9.17) is 9.78 Å². The molecular weight excluding hydrogens is 128 g/mol. The molecule has 0 aromatic carbocycles. The van der Waals surface area contributed by atoms with Crippen molar-refractivity contribution in [3.05, 3.63) is 12.2 Å². The van der Waals surface area contributed by atoms with Crippen molar-refractivity contribution in [3.8, 4) is 0 Å². The summed E-state index contributed by atoms with van der Waals surface area (Å²) in [6.07, 6.45) is 9.48. The molecule has 2 bridgehead atoms. The Kier molecular flexibility index (Phi) is 1.74. The van der Waals surface area contributed by atoms with Gasteiger partial charge in [-0.15, -0.1) is 0 Å². The second kappa shape index (κ2) is 2.72. The van der Waals surface area contributed by atoms with E-state index in [9.17, 15) is 0 Å². The third kappa shape index (κ3) is 1.22. The van der Waals surface area contributed by atoms with Crippen LogP contribution in [0.1, 0.15) is 25.7 Å². The van der Waals surface area contributed by atoms with E-state index in [1.807, 2.05) is 0 Å². The second-order valence-corrected chi connectivity index (χ2v) is 2.94. The third-order valence-corrected chi connectivity index (χ3v) is 2.07. The highest BCUT2D eigenvalue weighted by atomic mass is 17.2. The fourth-order valence-electron chi connectivity index (χ4n) is 1.43. The lowest BCUT2D eigenvalue weighted by atomic mass is 10.0. The average molecular weight is 140 g/mol. The molecule has 2 heteroatoms. The van der Waals surface area contributed by atoms with E-state index in [-0.39, 0.29) is 12.2 Å². The first-order valence-electron chi connectivity index (χ1n) is 3.95. The van der Waals surface area contributed by atoms with Crippen LogP contribution in [0.4, 0.5) is 0 Å². The number of hydrogen-bond acceptors (Lipinski definition) is 2. The lowest BCUT2D eigenvalue weighted by molar-refractivity contribution is -0.344. The fourth-order valence-corrected chi connectivity index (χ4v) is 1.43. The maximum absolute atomic E-state index is 5.10. The molecule has 2 heterocycles. The Morgan fingerprint density at radius 2 is 1.40 bits per heavy atom. The highest BCUT2D eigenvalue weighted by Crippen LogP contribution is 2.22. The molecule has 2 aliphatic heterocycles. The van der Waals surface area contributed by atoms with E-state index in [2.05, 4.69) is 12.2 Å². The monoisotopic (exact) mass is 140 g/mol. The Hall–Kier alpha value is -0.340. The average Bonchev–Trinajstić information content (AvgIpc) is 1.89. The molecule has 3 aliphatic rings. The molecule has 0 saturated carbocycles. The van der Waals surface area contributed by atoms with Crippen molar-refractivity contribution < 1.29 is 9.78 Å². The first-order chi connectivity index (χ1) is 4.95. The van der Waals surface area contributed by atoms with E-state index in [1.54, 1.807) is 0 Å². The molecule has 2 atom stereocenters. The van der Waals surface area contributed by atoms with Gasteiger partial charge >= 0.3 is 0 Å². The van der Waals surface area contributed by atoms with E-state index in [0.29, 0.717) is 0 Å². The summed E-state index contributed by atoms with van der Waals surface area (Å²) in [7, 11) is 0. The molecule has 0 aromatic heterocycles. The summed E-state index contributed by atoms with van der Waals surface area (Å²) in [5.41, 5.74) is 0. The summed E-state index contributed by atoms with van der Waals surface area (Å²) in [4.78, 5) is 10.2. The summed E-state index contributed by atoms with van der Waals surface area (Å²) in [6.45, 7) is 0. The minimum atomic E-state index is 0.233. The van der Waals surface area contributed by atoms with Crippen molar-refractivity contribution in [2.24, 2.45) is 0 Å². The summed E-state index contributed by atoms with van der Waals surface area (Å²) >= 11 is 0. The first kappa shape index (κ1) is 6.38. The second-order valence-electron chi connectivity index (χ2n) is 2.94. The zero-order valence-electron chi connectivity index (χ0n) is 5.95. The molecule has 10 heavy (non-hydrogen) atoms. The van der Waals surface area contributed by atoms with Gasteiger partial charge in [0.15, 0.2) is 0 Å². The van der Waals surface area contributed by atoms with Crippen LogP contribution in [0, 0.1) is 0 Å². The molecule has 2 nitrogen and oxygen atoms in total. The van der Waals surface area contributed by atoms with Crippen LogP contribution in [0.5, 0.6) is 0 Å². The molecule has 3 rings (SSSR count). The van der Waals surface area contributed by atoms with Crippen LogP contribution in [0.2, 0.25) is 0 Å². The van der Waals surface area contributed by atoms with Crippen molar-refractivity contribution in [3.63, 3.8) is 0 Å². The van der Waals surface area contributed by atoms with Gasteiger partial charge in [-0.05, 0) is 12.8 Å².